The molecule has 1 heterocycles. The summed E-state index contributed by atoms with van der Waals surface area (Å²) in [4.78, 5) is 25.6. The molecule has 0 aromatic heterocycles. The molecule has 2 N–H and O–H groups in total. The quantitative estimate of drug-likeness (QED) is 0.743. The monoisotopic (exact) mass is 425 g/mol. The first-order valence-electron chi connectivity index (χ1n) is 6.96. The number of rotatable bonds is 3. The second-order valence-corrected chi connectivity index (χ2v) is 6.17. The van der Waals surface area contributed by atoms with E-state index in [-0.39, 0.29) is 17.8 Å². The van der Waals surface area contributed by atoms with Crippen LogP contribution in [0, 0.1) is 9.39 Å². The number of hydrogen-bond donors (Lipinski definition) is 2. The Kier molecular flexibility index (Phi) is 4.46. The van der Waals surface area contributed by atoms with Gasteiger partial charge in [-0.15, -0.1) is 0 Å². The summed E-state index contributed by atoms with van der Waals surface area (Å²) in [6.07, 6.45) is 0. The van der Waals surface area contributed by atoms with Gasteiger partial charge in [-0.05, 0) is 59.0 Å². The summed E-state index contributed by atoms with van der Waals surface area (Å²) < 4.78 is 13.7. The van der Waals surface area contributed by atoms with E-state index in [0.29, 0.717) is 33.6 Å². The number of nitrogens with one attached hydrogen (secondary N) is 2. The third-order valence-electron chi connectivity index (χ3n) is 3.45. The third-order valence-corrected chi connectivity index (χ3v) is 4.34. The normalized spacial score (nSPS) is 13.8. The van der Waals surface area contributed by atoms with E-state index in [2.05, 4.69) is 10.6 Å². The highest BCUT2D eigenvalue weighted by Crippen LogP contribution is 2.22. The molecule has 0 bridgehead atoms. The molecular weight excluding hydrogens is 412 g/mol. The standard InChI is InChI=1S/C16H13FIN3O2/c17-10-4-5-13(14(18)8-10)15(22)20-11-2-1-3-12(9-11)21-7-6-19-16(21)23/h1-5,8-9H,6-7H2,(H,19,23)(H,20,22). The van der Waals surface area contributed by atoms with E-state index in [9.17, 15) is 14.0 Å². The average Bonchev–Trinajstić information content (AvgIpc) is 2.93. The van der Waals surface area contributed by atoms with Crippen molar-refractivity contribution in [2.45, 2.75) is 0 Å². The fraction of sp³-hybridized carbons (Fsp3) is 0.125. The fourth-order valence-electron chi connectivity index (χ4n) is 2.34. The van der Waals surface area contributed by atoms with Crippen LogP contribution in [0.2, 0.25) is 0 Å². The van der Waals surface area contributed by atoms with Crippen LogP contribution in [0.3, 0.4) is 0 Å². The van der Waals surface area contributed by atoms with Crippen LogP contribution in [0.1, 0.15) is 10.4 Å². The molecule has 5 nitrogen and oxygen atoms in total. The highest BCUT2D eigenvalue weighted by molar-refractivity contribution is 14.1. The van der Waals surface area contributed by atoms with Crippen LogP contribution in [0.5, 0.6) is 0 Å². The Labute approximate surface area is 146 Å². The summed E-state index contributed by atoms with van der Waals surface area (Å²) in [7, 11) is 0. The van der Waals surface area contributed by atoms with Crippen molar-refractivity contribution in [3.05, 3.63) is 57.4 Å². The van der Waals surface area contributed by atoms with Crippen molar-refractivity contribution >= 4 is 45.9 Å². The molecule has 0 radical (unpaired) electrons. The average molecular weight is 425 g/mol. The highest BCUT2D eigenvalue weighted by atomic mass is 127. The number of halogens is 2. The lowest BCUT2D eigenvalue weighted by Crippen LogP contribution is -2.27. The maximum Gasteiger partial charge on any atom is 0.321 e. The van der Waals surface area contributed by atoms with Gasteiger partial charge < -0.3 is 10.6 Å². The van der Waals surface area contributed by atoms with E-state index in [1.165, 1.54) is 18.2 Å². The van der Waals surface area contributed by atoms with E-state index >= 15 is 0 Å². The van der Waals surface area contributed by atoms with Crippen LogP contribution >= 0.6 is 22.6 Å². The largest absolute Gasteiger partial charge is 0.336 e. The predicted molar refractivity (Wildman–Crippen MR) is 94.3 cm³/mol. The van der Waals surface area contributed by atoms with Crippen molar-refractivity contribution in [1.29, 1.82) is 0 Å². The Morgan fingerprint density at radius 3 is 2.78 bits per heavy atom. The van der Waals surface area contributed by atoms with Crippen LogP contribution in [0.4, 0.5) is 20.6 Å². The van der Waals surface area contributed by atoms with Crippen LogP contribution < -0.4 is 15.5 Å². The van der Waals surface area contributed by atoms with Gasteiger partial charge in [0.2, 0.25) is 0 Å². The summed E-state index contributed by atoms with van der Waals surface area (Å²) in [6, 6.07) is 10.9. The molecule has 0 spiro atoms. The van der Waals surface area contributed by atoms with E-state index in [4.69, 9.17) is 0 Å². The van der Waals surface area contributed by atoms with Gasteiger partial charge in [-0.1, -0.05) is 6.07 Å². The van der Waals surface area contributed by atoms with Gasteiger partial charge in [-0.25, -0.2) is 9.18 Å². The highest BCUT2D eigenvalue weighted by Gasteiger charge is 2.21. The number of benzene rings is 2. The first-order chi connectivity index (χ1) is 11.0. The number of urea groups is 1. The van der Waals surface area contributed by atoms with Gasteiger partial charge in [0.05, 0.1) is 5.56 Å². The minimum absolute atomic E-state index is 0.151. The van der Waals surface area contributed by atoms with E-state index in [1.807, 2.05) is 28.7 Å². The van der Waals surface area contributed by atoms with Crippen molar-refractivity contribution in [3.63, 3.8) is 0 Å². The van der Waals surface area contributed by atoms with Crippen LogP contribution in [0.15, 0.2) is 42.5 Å². The van der Waals surface area contributed by atoms with Crippen LogP contribution in [-0.4, -0.2) is 25.0 Å². The maximum atomic E-state index is 13.1. The number of carbonyl (C=O) groups is 2. The second-order valence-electron chi connectivity index (χ2n) is 5.01. The third kappa shape index (κ3) is 3.44. The topological polar surface area (TPSA) is 61.4 Å². The molecule has 0 saturated carbocycles. The van der Waals surface area contributed by atoms with Gasteiger partial charge >= 0.3 is 6.03 Å². The van der Waals surface area contributed by atoms with Gasteiger partial charge in [0.1, 0.15) is 5.82 Å². The summed E-state index contributed by atoms with van der Waals surface area (Å²) >= 11 is 1.92. The molecule has 2 aromatic carbocycles. The molecule has 3 amide bonds. The molecule has 118 valence electrons. The zero-order chi connectivity index (χ0) is 16.4. The van der Waals surface area contributed by atoms with Crippen molar-refractivity contribution in [2.24, 2.45) is 0 Å². The molecule has 1 aliphatic rings. The van der Waals surface area contributed by atoms with Crippen LogP contribution in [0.25, 0.3) is 0 Å². The van der Waals surface area contributed by atoms with Gasteiger partial charge in [-0.2, -0.15) is 0 Å². The molecule has 0 atom stereocenters. The molecule has 1 aliphatic heterocycles. The van der Waals surface area contributed by atoms with Gasteiger partial charge in [0, 0.05) is 28.0 Å². The maximum absolute atomic E-state index is 13.1. The van der Waals surface area contributed by atoms with Crippen molar-refractivity contribution in [2.75, 3.05) is 23.3 Å². The fourth-order valence-corrected chi connectivity index (χ4v) is 3.06. The minimum Gasteiger partial charge on any atom is -0.336 e. The number of anilines is 2. The molecule has 0 unspecified atom stereocenters. The zero-order valence-corrected chi connectivity index (χ0v) is 14.1. The zero-order valence-electron chi connectivity index (χ0n) is 12.0. The lowest BCUT2D eigenvalue weighted by atomic mass is 10.2. The van der Waals surface area contributed by atoms with E-state index in [1.54, 1.807) is 23.1 Å². The van der Waals surface area contributed by atoms with Crippen LogP contribution in [-0.2, 0) is 0 Å². The van der Waals surface area contributed by atoms with Crippen molar-refractivity contribution in [3.8, 4) is 0 Å². The predicted octanol–water partition coefficient (Wildman–Crippen LogP) is 3.21. The van der Waals surface area contributed by atoms with Crippen molar-refractivity contribution in [1.82, 2.24) is 5.32 Å². The summed E-state index contributed by atoms with van der Waals surface area (Å²) in [5.74, 6) is -0.703. The van der Waals surface area contributed by atoms with Gasteiger partial charge in [0.15, 0.2) is 0 Å². The van der Waals surface area contributed by atoms with Crippen molar-refractivity contribution < 1.29 is 14.0 Å². The first kappa shape index (κ1) is 15.7. The molecule has 2 aromatic rings. The number of hydrogen-bond acceptors (Lipinski definition) is 2. The lowest BCUT2D eigenvalue weighted by Gasteiger charge is -2.15. The smallest absolute Gasteiger partial charge is 0.321 e. The molecule has 1 saturated heterocycles. The second kappa shape index (κ2) is 6.53. The Morgan fingerprint density at radius 1 is 1.26 bits per heavy atom. The van der Waals surface area contributed by atoms with Gasteiger partial charge in [-0.3, -0.25) is 9.69 Å². The first-order valence-corrected chi connectivity index (χ1v) is 8.04. The van der Waals surface area contributed by atoms with E-state index in [0.717, 1.165) is 0 Å². The Hall–Kier alpha value is -2.16. The molecule has 3 rings (SSSR count). The van der Waals surface area contributed by atoms with Gasteiger partial charge in [0.25, 0.3) is 5.91 Å². The SMILES string of the molecule is O=C(Nc1cccc(N2CCNC2=O)c1)c1ccc(F)cc1I. The summed E-state index contributed by atoms with van der Waals surface area (Å²) in [5.41, 5.74) is 1.69. The Balaban J connectivity index is 1.80. The molecular formula is C16H13FIN3O2. The molecule has 23 heavy (non-hydrogen) atoms. The Morgan fingerprint density at radius 2 is 2.09 bits per heavy atom. The summed E-state index contributed by atoms with van der Waals surface area (Å²) in [5, 5.41) is 5.50. The number of nitrogens with zero attached hydrogens (tertiary/aromatic N) is 1. The lowest BCUT2D eigenvalue weighted by molar-refractivity contribution is 0.102. The number of carbonyl (C=O) groups excluding carboxylic acids is 2. The van der Waals surface area contributed by atoms with E-state index < -0.39 is 0 Å². The molecule has 1 fully saturated rings. The Bertz CT molecular complexity index is 782. The molecule has 7 heteroatoms. The summed E-state index contributed by atoms with van der Waals surface area (Å²) in [6.45, 7) is 1.19. The minimum atomic E-state index is -0.381. The number of amides is 3. The molecule has 0 aliphatic carbocycles.